The highest BCUT2D eigenvalue weighted by Gasteiger charge is 2.06. The molecule has 20 heavy (non-hydrogen) atoms. The van der Waals surface area contributed by atoms with Gasteiger partial charge in [0.1, 0.15) is 4.60 Å². The van der Waals surface area contributed by atoms with Gasteiger partial charge in [-0.15, -0.1) is 0 Å². The molecule has 0 fully saturated rings. The third-order valence-corrected chi connectivity index (χ3v) is 3.40. The zero-order valence-electron chi connectivity index (χ0n) is 11.5. The average Bonchev–Trinajstić information content (AvgIpc) is 2.47. The Morgan fingerprint density at radius 1 is 1.25 bits per heavy atom. The maximum Gasteiger partial charge on any atom is 0.161 e. The molecule has 1 N–H and O–H groups in total. The lowest BCUT2D eigenvalue weighted by atomic mass is 10.2. The number of halogens is 1. The molecule has 0 radical (unpaired) electrons. The number of rotatable bonds is 6. The minimum absolute atomic E-state index is 0.612. The highest BCUT2D eigenvalue weighted by atomic mass is 79.9. The van der Waals surface area contributed by atoms with Gasteiger partial charge < -0.3 is 14.8 Å². The lowest BCUT2D eigenvalue weighted by Gasteiger charge is -2.12. The number of anilines is 1. The van der Waals surface area contributed by atoms with E-state index in [1.54, 1.807) is 13.3 Å². The first kappa shape index (κ1) is 14.7. The van der Waals surface area contributed by atoms with E-state index in [1.807, 2.05) is 37.3 Å². The number of hydrogen-bond acceptors (Lipinski definition) is 4. The van der Waals surface area contributed by atoms with Crippen molar-refractivity contribution in [2.45, 2.75) is 13.5 Å². The monoisotopic (exact) mass is 336 g/mol. The van der Waals surface area contributed by atoms with Crippen LogP contribution < -0.4 is 14.8 Å². The molecule has 1 aromatic carbocycles. The van der Waals surface area contributed by atoms with Crippen molar-refractivity contribution in [2.75, 3.05) is 19.0 Å². The van der Waals surface area contributed by atoms with E-state index < -0.39 is 0 Å². The quantitative estimate of drug-likeness (QED) is 0.813. The van der Waals surface area contributed by atoms with Gasteiger partial charge in [-0.3, -0.25) is 0 Å². The molecule has 2 aromatic rings. The summed E-state index contributed by atoms with van der Waals surface area (Å²) in [5.74, 6) is 1.51. The SMILES string of the molecule is CCOc1cc(CNc2cccnc2Br)ccc1OC. The minimum Gasteiger partial charge on any atom is -0.493 e. The normalized spacial score (nSPS) is 10.2. The number of hydrogen-bond donors (Lipinski definition) is 1. The Balaban J connectivity index is 2.10. The number of pyridine rings is 1. The fourth-order valence-corrected chi connectivity index (χ4v) is 2.21. The Labute approximate surface area is 127 Å². The van der Waals surface area contributed by atoms with Crippen molar-refractivity contribution in [3.05, 3.63) is 46.7 Å². The molecule has 0 aliphatic heterocycles. The molecule has 0 aliphatic rings. The van der Waals surface area contributed by atoms with Gasteiger partial charge in [-0.05, 0) is 52.7 Å². The summed E-state index contributed by atoms with van der Waals surface area (Å²) < 4.78 is 11.6. The standard InChI is InChI=1S/C15H17BrN2O2/c1-3-20-14-9-11(6-7-13(14)19-2)10-18-12-5-4-8-17-15(12)16/h4-9,18H,3,10H2,1-2H3. The number of ether oxygens (including phenoxy) is 2. The van der Waals surface area contributed by atoms with E-state index >= 15 is 0 Å². The number of nitrogens with one attached hydrogen (secondary N) is 1. The van der Waals surface area contributed by atoms with Crippen LogP contribution >= 0.6 is 15.9 Å². The second-order valence-corrected chi connectivity index (χ2v) is 4.86. The van der Waals surface area contributed by atoms with Crippen LogP contribution in [-0.2, 0) is 6.54 Å². The maximum absolute atomic E-state index is 5.57. The van der Waals surface area contributed by atoms with Gasteiger partial charge >= 0.3 is 0 Å². The van der Waals surface area contributed by atoms with Gasteiger partial charge in [0.2, 0.25) is 0 Å². The fraction of sp³-hybridized carbons (Fsp3) is 0.267. The van der Waals surface area contributed by atoms with Gasteiger partial charge in [-0.2, -0.15) is 0 Å². The molecule has 1 aromatic heterocycles. The molecular formula is C15H17BrN2O2. The Morgan fingerprint density at radius 3 is 2.80 bits per heavy atom. The van der Waals surface area contributed by atoms with Crippen LogP contribution in [0.4, 0.5) is 5.69 Å². The first-order valence-corrected chi connectivity index (χ1v) is 7.18. The molecule has 106 valence electrons. The summed E-state index contributed by atoms with van der Waals surface area (Å²) in [6, 6.07) is 9.79. The van der Waals surface area contributed by atoms with Crippen LogP contribution in [0.1, 0.15) is 12.5 Å². The Morgan fingerprint density at radius 2 is 2.10 bits per heavy atom. The lowest BCUT2D eigenvalue weighted by Crippen LogP contribution is -2.02. The number of nitrogens with zero attached hydrogens (tertiary/aromatic N) is 1. The highest BCUT2D eigenvalue weighted by molar-refractivity contribution is 9.10. The van der Waals surface area contributed by atoms with Crippen molar-refractivity contribution >= 4 is 21.6 Å². The maximum atomic E-state index is 5.57. The van der Waals surface area contributed by atoms with Crippen molar-refractivity contribution in [3.8, 4) is 11.5 Å². The van der Waals surface area contributed by atoms with Crippen LogP contribution in [0, 0.1) is 0 Å². The first-order chi connectivity index (χ1) is 9.74. The van der Waals surface area contributed by atoms with Gasteiger partial charge in [0.25, 0.3) is 0 Å². The average molecular weight is 337 g/mol. The van der Waals surface area contributed by atoms with E-state index in [2.05, 4.69) is 26.2 Å². The van der Waals surface area contributed by atoms with Crippen molar-refractivity contribution in [1.82, 2.24) is 4.98 Å². The summed E-state index contributed by atoms with van der Waals surface area (Å²) in [5, 5.41) is 3.33. The summed E-state index contributed by atoms with van der Waals surface area (Å²) >= 11 is 3.41. The van der Waals surface area contributed by atoms with E-state index in [-0.39, 0.29) is 0 Å². The summed E-state index contributed by atoms with van der Waals surface area (Å²) in [7, 11) is 1.64. The lowest BCUT2D eigenvalue weighted by molar-refractivity contribution is 0.310. The topological polar surface area (TPSA) is 43.4 Å². The molecule has 2 rings (SSSR count). The van der Waals surface area contributed by atoms with Gasteiger partial charge in [-0.25, -0.2) is 4.98 Å². The van der Waals surface area contributed by atoms with E-state index in [4.69, 9.17) is 9.47 Å². The van der Waals surface area contributed by atoms with E-state index in [9.17, 15) is 0 Å². The van der Waals surface area contributed by atoms with Crippen LogP contribution in [0.25, 0.3) is 0 Å². The van der Waals surface area contributed by atoms with E-state index in [0.29, 0.717) is 13.2 Å². The molecule has 0 saturated carbocycles. The molecule has 0 aliphatic carbocycles. The highest BCUT2D eigenvalue weighted by Crippen LogP contribution is 2.28. The fourth-order valence-electron chi connectivity index (χ4n) is 1.81. The Bertz CT molecular complexity index is 576. The second kappa shape index (κ2) is 7.14. The van der Waals surface area contributed by atoms with Crippen LogP contribution in [0.5, 0.6) is 11.5 Å². The summed E-state index contributed by atoms with van der Waals surface area (Å²) in [4.78, 5) is 4.18. The number of aromatic nitrogens is 1. The van der Waals surface area contributed by atoms with Crippen molar-refractivity contribution < 1.29 is 9.47 Å². The second-order valence-electron chi connectivity index (χ2n) is 4.11. The molecule has 0 amide bonds. The van der Waals surface area contributed by atoms with Crippen molar-refractivity contribution in [3.63, 3.8) is 0 Å². The largest absolute Gasteiger partial charge is 0.493 e. The zero-order valence-corrected chi connectivity index (χ0v) is 13.1. The summed E-state index contributed by atoms with van der Waals surface area (Å²) in [5.41, 5.74) is 2.08. The molecular weight excluding hydrogens is 320 g/mol. The van der Waals surface area contributed by atoms with Crippen LogP contribution in [0.3, 0.4) is 0 Å². The molecule has 5 heteroatoms. The van der Waals surface area contributed by atoms with Crippen LogP contribution in [0.15, 0.2) is 41.1 Å². The minimum atomic E-state index is 0.612. The molecule has 0 bridgehead atoms. The third kappa shape index (κ3) is 3.63. The first-order valence-electron chi connectivity index (χ1n) is 6.38. The predicted octanol–water partition coefficient (Wildman–Crippen LogP) is 3.86. The van der Waals surface area contributed by atoms with Gasteiger partial charge in [0, 0.05) is 12.7 Å². The molecule has 1 heterocycles. The van der Waals surface area contributed by atoms with Crippen molar-refractivity contribution in [1.29, 1.82) is 0 Å². The summed E-state index contributed by atoms with van der Waals surface area (Å²) in [6.45, 7) is 3.26. The molecule has 4 nitrogen and oxygen atoms in total. The van der Waals surface area contributed by atoms with Gasteiger partial charge in [0.15, 0.2) is 11.5 Å². The zero-order chi connectivity index (χ0) is 14.4. The number of benzene rings is 1. The predicted molar refractivity (Wildman–Crippen MR) is 83.4 cm³/mol. The Hall–Kier alpha value is -1.75. The number of methoxy groups -OCH3 is 1. The van der Waals surface area contributed by atoms with Crippen molar-refractivity contribution in [2.24, 2.45) is 0 Å². The molecule has 0 saturated heterocycles. The van der Waals surface area contributed by atoms with E-state index in [1.165, 1.54) is 0 Å². The van der Waals surface area contributed by atoms with Gasteiger partial charge in [-0.1, -0.05) is 6.07 Å². The third-order valence-electron chi connectivity index (χ3n) is 2.77. The Kier molecular flexibility index (Phi) is 5.24. The molecule has 0 unspecified atom stereocenters. The van der Waals surface area contributed by atoms with E-state index in [0.717, 1.165) is 27.4 Å². The molecule has 0 atom stereocenters. The molecule has 0 spiro atoms. The van der Waals surface area contributed by atoms with Crippen LogP contribution in [0.2, 0.25) is 0 Å². The van der Waals surface area contributed by atoms with Gasteiger partial charge in [0.05, 0.1) is 19.4 Å². The summed E-state index contributed by atoms with van der Waals surface area (Å²) in [6.07, 6.45) is 1.75. The smallest absolute Gasteiger partial charge is 0.161 e. The van der Waals surface area contributed by atoms with Crippen LogP contribution in [-0.4, -0.2) is 18.7 Å².